The normalized spacial score (nSPS) is 20.5. The third-order valence-corrected chi connectivity index (χ3v) is 4.83. The Morgan fingerprint density at radius 2 is 1.95 bits per heavy atom. The first-order chi connectivity index (χ1) is 9.85. The van der Waals surface area contributed by atoms with Crippen LogP contribution in [0.1, 0.15) is 49.7 Å². The molecule has 1 saturated heterocycles. The van der Waals surface area contributed by atoms with E-state index in [-0.39, 0.29) is 0 Å². The third kappa shape index (κ3) is 3.83. The lowest BCUT2D eigenvalue weighted by Gasteiger charge is -2.29. The smallest absolute Gasteiger partial charge is 0.0233 e. The van der Waals surface area contributed by atoms with Gasteiger partial charge in [0.2, 0.25) is 0 Å². The summed E-state index contributed by atoms with van der Waals surface area (Å²) in [7, 11) is 0. The van der Waals surface area contributed by atoms with Gasteiger partial charge in [0.05, 0.1) is 0 Å². The predicted octanol–water partition coefficient (Wildman–Crippen LogP) is 3.39. The van der Waals surface area contributed by atoms with Gasteiger partial charge in [0.25, 0.3) is 0 Å². The first kappa shape index (κ1) is 14.1. The molecule has 1 saturated carbocycles. The largest absolute Gasteiger partial charge is 0.317 e. The van der Waals surface area contributed by atoms with Crippen molar-refractivity contribution in [3.05, 3.63) is 35.4 Å². The number of hydrogen-bond donors (Lipinski definition) is 1. The lowest BCUT2D eigenvalue weighted by Crippen LogP contribution is -2.35. The second kappa shape index (κ2) is 6.73. The van der Waals surface area contributed by atoms with Gasteiger partial charge in [0, 0.05) is 13.1 Å². The SMILES string of the molecule is CCN(Cc1cccc(C2CC2)c1)CC1CCNCC1. The highest BCUT2D eigenvalue weighted by molar-refractivity contribution is 5.29. The fraction of sp³-hybridized carbons (Fsp3) is 0.667. The van der Waals surface area contributed by atoms with Gasteiger partial charge < -0.3 is 5.32 Å². The number of piperidine rings is 1. The van der Waals surface area contributed by atoms with E-state index in [4.69, 9.17) is 0 Å². The van der Waals surface area contributed by atoms with Gasteiger partial charge in [-0.2, -0.15) is 0 Å². The molecular weight excluding hydrogens is 244 g/mol. The highest BCUT2D eigenvalue weighted by Crippen LogP contribution is 2.40. The molecule has 2 fully saturated rings. The van der Waals surface area contributed by atoms with Gasteiger partial charge in [0.15, 0.2) is 0 Å². The molecule has 0 aromatic heterocycles. The van der Waals surface area contributed by atoms with Crippen LogP contribution in [0.5, 0.6) is 0 Å². The molecule has 1 aliphatic heterocycles. The van der Waals surface area contributed by atoms with Crippen molar-refractivity contribution in [1.82, 2.24) is 10.2 Å². The highest BCUT2D eigenvalue weighted by Gasteiger charge is 2.23. The Balaban J connectivity index is 1.57. The van der Waals surface area contributed by atoms with Crippen LogP contribution in [0.15, 0.2) is 24.3 Å². The Labute approximate surface area is 123 Å². The van der Waals surface area contributed by atoms with Gasteiger partial charge in [-0.1, -0.05) is 31.2 Å². The molecule has 0 amide bonds. The van der Waals surface area contributed by atoms with Gasteiger partial charge >= 0.3 is 0 Å². The molecule has 0 atom stereocenters. The molecule has 1 heterocycles. The summed E-state index contributed by atoms with van der Waals surface area (Å²) in [5.41, 5.74) is 3.07. The van der Waals surface area contributed by atoms with Crippen molar-refractivity contribution in [2.45, 2.75) is 45.1 Å². The maximum absolute atomic E-state index is 3.46. The van der Waals surface area contributed by atoms with E-state index in [2.05, 4.69) is 41.4 Å². The third-order valence-electron chi connectivity index (χ3n) is 4.83. The maximum atomic E-state index is 3.46. The van der Waals surface area contributed by atoms with E-state index in [1.54, 1.807) is 5.56 Å². The van der Waals surface area contributed by atoms with Crippen LogP contribution in [0.2, 0.25) is 0 Å². The summed E-state index contributed by atoms with van der Waals surface area (Å²) in [5, 5.41) is 3.46. The lowest BCUT2D eigenvalue weighted by molar-refractivity contribution is 0.207. The standard InChI is InChI=1S/C18H28N2/c1-2-20(13-15-8-10-19-11-9-15)14-16-4-3-5-18(12-16)17-6-7-17/h3-5,12,15,17,19H,2,6-11,13-14H2,1H3. The average Bonchev–Trinajstić information content (AvgIpc) is 3.33. The molecule has 2 aliphatic rings. The van der Waals surface area contributed by atoms with Crippen molar-refractivity contribution in [1.29, 1.82) is 0 Å². The Hall–Kier alpha value is -0.860. The van der Waals surface area contributed by atoms with Crippen LogP contribution in [0, 0.1) is 5.92 Å². The highest BCUT2D eigenvalue weighted by atomic mass is 15.1. The first-order valence-corrected chi connectivity index (χ1v) is 8.37. The van der Waals surface area contributed by atoms with E-state index < -0.39 is 0 Å². The number of nitrogens with one attached hydrogen (secondary N) is 1. The van der Waals surface area contributed by atoms with E-state index in [9.17, 15) is 0 Å². The van der Waals surface area contributed by atoms with Crippen molar-refractivity contribution in [3.63, 3.8) is 0 Å². The molecule has 0 unspecified atom stereocenters. The molecule has 1 aromatic rings. The molecule has 20 heavy (non-hydrogen) atoms. The van der Waals surface area contributed by atoms with E-state index in [1.165, 1.54) is 50.9 Å². The Morgan fingerprint density at radius 1 is 1.15 bits per heavy atom. The summed E-state index contributed by atoms with van der Waals surface area (Å²) in [5.74, 6) is 1.76. The van der Waals surface area contributed by atoms with Crippen LogP contribution < -0.4 is 5.32 Å². The van der Waals surface area contributed by atoms with E-state index in [0.29, 0.717) is 0 Å². The molecule has 1 N–H and O–H groups in total. The zero-order valence-corrected chi connectivity index (χ0v) is 12.8. The van der Waals surface area contributed by atoms with Crippen LogP contribution in [-0.4, -0.2) is 31.1 Å². The van der Waals surface area contributed by atoms with Gasteiger partial charge in [0.1, 0.15) is 0 Å². The van der Waals surface area contributed by atoms with E-state index in [0.717, 1.165) is 24.9 Å². The molecule has 2 heteroatoms. The molecule has 0 bridgehead atoms. The second-order valence-corrected chi connectivity index (χ2v) is 6.54. The molecular formula is C18H28N2. The summed E-state index contributed by atoms with van der Waals surface area (Å²) in [6.45, 7) is 8.27. The molecule has 1 aromatic carbocycles. The monoisotopic (exact) mass is 272 g/mol. The molecule has 0 spiro atoms. The van der Waals surface area contributed by atoms with E-state index >= 15 is 0 Å². The summed E-state index contributed by atoms with van der Waals surface area (Å²) in [6, 6.07) is 9.31. The zero-order valence-electron chi connectivity index (χ0n) is 12.8. The Bertz CT molecular complexity index is 419. The van der Waals surface area contributed by atoms with E-state index in [1.807, 2.05) is 0 Å². The number of benzene rings is 1. The summed E-state index contributed by atoms with van der Waals surface area (Å²) >= 11 is 0. The van der Waals surface area contributed by atoms with Gasteiger partial charge in [-0.25, -0.2) is 0 Å². The van der Waals surface area contributed by atoms with Crippen LogP contribution in [-0.2, 0) is 6.54 Å². The molecule has 0 radical (unpaired) electrons. The second-order valence-electron chi connectivity index (χ2n) is 6.54. The minimum Gasteiger partial charge on any atom is -0.317 e. The fourth-order valence-electron chi connectivity index (χ4n) is 3.36. The zero-order chi connectivity index (χ0) is 13.8. The Morgan fingerprint density at radius 3 is 2.65 bits per heavy atom. The maximum Gasteiger partial charge on any atom is 0.0233 e. The van der Waals surface area contributed by atoms with Gasteiger partial charge in [-0.05, 0) is 68.3 Å². The molecule has 2 nitrogen and oxygen atoms in total. The Kier molecular flexibility index (Phi) is 4.74. The van der Waals surface area contributed by atoms with Crippen molar-refractivity contribution >= 4 is 0 Å². The molecule has 110 valence electrons. The van der Waals surface area contributed by atoms with Crippen molar-refractivity contribution in [2.24, 2.45) is 5.92 Å². The lowest BCUT2D eigenvalue weighted by atomic mass is 9.97. The first-order valence-electron chi connectivity index (χ1n) is 8.37. The summed E-state index contributed by atoms with van der Waals surface area (Å²) in [6.07, 6.45) is 5.49. The fourth-order valence-corrected chi connectivity index (χ4v) is 3.36. The van der Waals surface area contributed by atoms with Gasteiger partial charge in [-0.15, -0.1) is 0 Å². The molecule has 3 rings (SSSR count). The molecule has 1 aliphatic carbocycles. The minimum absolute atomic E-state index is 0.870. The number of hydrogen-bond acceptors (Lipinski definition) is 2. The number of rotatable bonds is 6. The minimum atomic E-state index is 0.870. The predicted molar refractivity (Wildman–Crippen MR) is 85.0 cm³/mol. The average molecular weight is 272 g/mol. The quantitative estimate of drug-likeness (QED) is 0.854. The topological polar surface area (TPSA) is 15.3 Å². The van der Waals surface area contributed by atoms with Crippen LogP contribution in [0.3, 0.4) is 0 Å². The van der Waals surface area contributed by atoms with Crippen molar-refractivity contribution in [3.8, 4) is 0 Å². The van der Waals surface area contributed by atoms with Crippen molar-refractivity contribution in [2.75, 3.05) is 26.2 Å². The number of nitrogens with zero attached hydrogens (tertiary/aromatic N) is 1. The van der Waals surface area contributed by atoms with Crippen LogP contribution in [0.25, 0.3) is 0 Å². The van der Waals surface area contributed by atoms with Crippen LogP contribution >= 0.6 is 0 Å². The van der Waals surface area contributed by atoms with Gasteiger partial charge in [-0.3, -0.25) is 4.90 Å². The summed E-state index contributed by atoms with van der Waals surface area (Å²) < 4.78 is 0. The summed E-state index contributed by atoms with van der Waals surface area (Å²) in [4.78, 5) is 2.63. The van der Waals surface area contributed by atoms with Crippen LogP contribution in [0.4, 0.5) is 0 Å². The van der Waals surface area contributed by atoms with Crippen molar-refractivity contribution < 1.29 is 0 Å².